The predicted octanol–water partition coefficient (Wildman–Crippen LogP) is 2.57. The molecule has 3 rings (SSSR count). The van der Waals surface area contributed by atoms with E-state index in [1.165, 1.54) is 0 Å². The number of alkyl halides is 1. The van der Waals surface area contributed by atoms with Crippen molar-refractivity contribution in [2.75, 3.05) is 18.0 Å². The summed E-state index contributed by atoms with van der Waals surface area (Å²) in [6.07, 6.45) is 7.79. The Morgan fingerprint density at radius 3 is 2.83 bits per heavy atom. The number of anilines is 1. The first-order valence-corrected chi connectivity index (χ1v) is 6.87. The summed E-state index contributed by atoms with van der Waals surface area (Å²) in [5.41, 5.74) is 1.08. The Kier molecular flexibility index (Phi) is 3.12. The minimum Gasteiger partial charge on any atom is -0.355 e. The fourth-order valence-corrected chi connectivity index (χ4v) is 2.91. The number of halogens is 1. The number of nitrogens with zero attached hydrogens (tertiary/aromatic N) is 4. The Morgan fingerprint density at radius 2 is 2.11 bits per heavy atom. The monoisotopic (exact) mass is 264 g/mol. The maximum Gasteiger partial charge on any atom is 0.154 e. The zero-order chi connectivity index (χ0) is 12.5. The number of hydrogen-bond acceptors (Lipinski definition) is 3. The summed E-state index contributed by atoms with van der Waals surface area (Å²) in [6.45, 7) is 4.15. The number of aromatic nitrogens is 3. The molecule has 1 aliphatic heterocycles. The Labute approximate surface area is 112 Å². The molecule has 0 spiro atoms. The van der Waals surface area contributed by atoms with Crippen LogP contribution in [0.2, 0.25) is 0 Å². The van der Waals surface area contributed by atoms with Crippen molar-refractivity contribution in [1.29, 1.82) is 0 Å². The van der Waals surface area contributed by atoms with E-state index in [4.69, 9.17) is 11.6 Å². The first kappa shape index (κ1) is 11.8. The molecule has 1 unspecified atom stereocenters. The maximum atomic E-state index is 6.18. The molecule has 0 radical (unpaired) electrons. The molecule has 96 valence electrons. The van der Waals surface area contributed by atoms with Crippen molar-refractivity contribution < 1.29 is 0 Å². The molecule has 4 nitrogen and oxygen atoms in total. The van der Waals surface area contributed by atoms with Crippen LogP contribution >= 0.6 is 11.6 Å². The molecule has 3 heterocycles. The molecule has 0 saturated carbocycles. The van der Waals surface area contributed by atoms with Gasteiger partial charge in [-0.1, -0.05) is 0 Å². The molecular weight excluding hydrogens is 248 g/mol. The summed E-state index contributed by atoms with van der Waals surface area (Å²) in [5, 5.41) is 4.52. The largest absolute Gasteiger partial charge is 0.355 e. The van der Waals surface area contributed by atoms with Crippen LogP contribution in [0.5, 0.6) is 0 Å². The van der Waals surface area contributed by atoms with E-state index in [-0.39, 0.29) is 5.38 Å². The van der Waals surface area contributed by atoms with Crippen LogP contribution in [0.4, 0.5) is 5.82 Å². The van der Waals surface area contributed by atoms with Crippen molar-refractivity contribution in [3.63, 3.8) is 0 Å². The van der Waals surface area contributed by atoms with Gasteiger partial charge >= 0.3 is 0 Å². The zero-order valence-electron chi connectivity index (χ0n) is 10.5. The van der Waals surface area contributed by atoms with E-state index in [9.17, 15) is 0 Å². The third-order valence-electron chi connectivity index (χ3n) is 3.79. The third-order valence-corrected chi connectivity index (χ3v) is 4.15. The van der Waals surface area contributed by atoms with E-state index >= 15 is 0 Å². The molecule has 0 amide bonds. The van der Waals surface area contributed by atoms with Gasteiger partial charge in [-0.15, -0.1) is 11.6 Å². The molecule has 1 atom stereocenters. The molecule has 5 heteroatoms. The van der Waals surface area contributed by atoms with Crippen molar-refractivity contribution in [1.82, 2.24) is 14.6 Å². The molecule has 0 aromatic carbocycles. The van der Waals surface area contributed by atoms with Crippen molar-refractivity contribution >= 4 is 22.9 Å². The van der Waals surface area contributed by atoms with Crippen LogP contribution in [-0.2, 0) is 0 Å². The molecule has 1 saturated heterocycles. The highest BCUT2D eigenvalue weighted by atomic mass is 35.5. The molecule has 0 bridgehead atoms. The molecule has 2 aromatic rings. The molecule has 18 heavy (non-hydrogen) atoms. The number of hydrogen-bond donors (Lipinski definition) is 0. The first-order chi connectivity index (χ1) is 8.75. The fourth-order valence-electron chi connectivity index (χ4n) is 2.66. The third kappa shape index (κ3) is 2.05. The number of piperidine rings is 1. The minimum atomic E-state index is 0.269. The van der Waals surface area contributed by atoms with Crippen LogP contribution in [0, 0.1) is 5.92 Å². The van der Waals surface area contributed by atoms with E-state index in [0.29, 0.717) is 5.92 Å². The van der Waals surface area contributed by atoms with Crippen molar-refractivity contribution in [3.05, 3.63) is 24.7 Å². The summed E-state index contributed by atoms with van der Waals surface area (Å²) >= 11 is 6.18. The Bertz CT molecular complexity index is 529. The van der Waals surface area contributed by atoms with Gasteiger partial charge in [-0.3, -0.25) is 0 Å². The molecular formula is C13H17ClN4. The fraction of sp³-hybridized carbons (Fsp3) is 0.538. The van der Waals surface area contributed by atoms with Gasteiger partial charge in [-0.05, 0) is 31.7 Å². The highest BCUT2D eigenvalue weighted by molar-refractivity contribution is 6.20. The van der Waals surface area contributed by atoms with E-state index in [0.717, 1.165) is 37.3 Å². The van der Waals surface area contributed by atoms with Gasteiger partial charge in [0.15, 0.2) is 5.82 Å². The Morgan fingerprint density at radius 1 is 1.33 bits per heavy atom. The average molecular weight is 265 g/mol. The summed E-state index contributed by atoms with van der Waals surface area (Å²) in [7, 11) is 0. The van der Waals surface area contributed by atoms with Gasteiger partial charge in [-0.2, -0.15) is 5.10 Å². The summed E-state index contributed by atoms with van der Waals surface area (Å²) < 4.78 is 1.87. The van der Waals surface area contributed by atoms with Crippen LogP contribution in [0.25, 0.3) is 5.52 Å². The van der Waals surface area contributed by atoms with E-state index in [1.807, 2.05) is 29.2 Å². The van der Waals surface area contributed by atoms with Gasteiger partial charge in [0.05, 0.1) is 6.20 Å². The smallest absolute Gasteiger partial charge is 0.154 e. The van der Waals surface area contributed by atoms with Gasteiger partial charge in [-0.25, -0.2) is 9.50 Å². The predicted molar refractivity (Wildman–Crippen MR) is 73.2 cm³/mol. The summed E-state index contributed by atoms with van der Waals surface area (Å²) in [4.78, 5) is 6.84. The van der Waals surface area contributed by atoms with Gasteiger partial charge < -0.3 is 4.90 Å². The molecule has 0 N–H and O–H groups in total. The van der Waals surface area contributed by atoms with E-state index < -0.39 is 0 Å². The lowest BCUT2D eigenvalue weighted by atomic mass is 9.94. The van der Waals surface area contributed by atoms with Crippen LogP contribution in [0.15, 0.2) is 24.7 Å². The summed E-state index contributed by atoms with van der Waals surface area (Å²) in [5.74, 6) is 1.67. The van der Waals surface area contributed by atoms with Crippen molar-refractivity contribution in [2.45, 2.75) is 25.1 Å². The van der Waals surface area contributed by atoms with Crippen LogP contribution < -0.4 is 4.90 Å². The quantitative estimate of drug-likeness (QED) is 0.782. The summed E-state index contributed by atoms with van der Waals surface area (Å²) in [6, 6.07) is 2.01. The maximum absolute atomic E-state index is 6.18. The topological polar surface area (TPSA) is 33.4 Å². The van der Waals surface area contributed by atoms with Gasteiger partial charge in [0.25, 0.3) is 0 Å². The van der Waals surface area contributed by atoms with Crippen molar-refractivity contribution in [2.24, 2.45) is 5.92 Å². The molecule has 1 aliphatic rings. The van der Waals surface area contributed by atoms with E-state index in [2.05, 4.69) is 21.9 Å². The Balaban J connectivity index is 1.82. The average Bonchev–Trinajstić information content (AvgIpc) is 2.87. The van der Waals surface area contributed by atoms with Crippen LogP contribution in [0.3, 0.4) is 0 Å². The zero-order valence-corrected chi connectivity index (χ0v) is 11.2. The molecule has 1 fully saturated rings. The SMILES string of the molecule is CC(Cl)C1CCN(c2nccn3nccc23)CC1. The highest BCUT2D eigenvalue weighted by Gasteiger charge is 2.24. The Hall–Kier alpha value is -1.29. The molecule has 0 aliphatic carbocycles. The lowest BCUT2D eigenvalue weighted by Crippen LogP contribution is -2.36. The second-order valence-electron chi connectivity index (χ2n) is 4.91. The van der Waals surface area contributed by atoms with Gasteiger partial charge in [0.2, 0.25) is 0 Å². The van der Waals surface area contributed by atoms with Crippen LogP contribution in [-0.4, -0.2) is 33.1 Å². The standard InChI is InChI=1S/C13H17ClN4/c1-10(14)11-3-7-17(8-4-11)13-12-2-5-16-18(12)9-6-15-13/h2,5-6,9-11H,3-4,7-8H2,1H3. The lowest BCUT2D eigenvalue weighted by molar-refractivity contribution is 0.399. The second-order valence-corrected chi connectivity index (χ2v) is 5.60. The normalized spacial score (nSPS) is 19.3. The van der Waals surface area contributed by atoms with Crippen molar-refractivity contribution in [3.8, 4) is 0 Å². The first-order valence-electron chi connectivity index (χ1n) is 6.43. The van der Waals surface area contributed by atoms with Crippen LogP contribution in [0.1, 0.15) is 19.8 Å². The minimum absolute atomic E-state index is 0.269. The second kappa shape index (κ2) is 4.76. The number of fused-ring (bicyclic) bond motifs is 1. The van der Waals surface area contributed by atoms with Gasteiger partial charge in [0, 0.05) is 30.9 Å². The molecule has 2 aromatic heterocycles. The van der Waals surface area contributed by atoms with E-state index in [1.54, 1.807) is 0 Å². The van der Waals surface area contributed by atoms with Gasteiger partial charge in [0.1, 0.15) is 5.52 Å². The number of rotatable bonds is 2. The lowest BCUT2D eigenvalue weighted by Gasteiger charge is -2.34. The highest BCUT2D eigenvalue weighted by Crippen LogP contribution is 2.28.